The largest absolute Gasteiger partial charge is 0.348 e. The molecule has 3 N–H and O–H groups in total. The Balaban J connectivity index is 1.46. The molecular formula is C21H16ClF2N9. The lowest BCUT2D eigenvalue weighted by Gasteiger charge is -2.11. The van der Waals surface area contributed by atoms with Gasteiger partial charge in [0, 0.05) is 16.8 Å². The Morgan fingerprint density at radius 2 is 1.94 bits per heavy atom. The van der Waals surface area contributed by atoms with Gasteiger partial charge in [-0.2, -0.15) is 4.80 Å². The topological polar surface area (TPSA) is 112 Å². The van der Waals surface area contributed by atoms with Gasteiger partial charge in [-0.05, 0) is 41.1 Å². The van der Waals surface area contributed by atoms with Crippen LogP contribution in [0.5, 0.6) is 0 Å². The maximum Gasteiger partial charge on any atom is 0.223 e. The van der Waals surface area contributed by atoms with Gasteiger partial charge in [0.1, 0.15) is 11.6 Å². The molecule has 0 saturated heterocycles. The van der Waals surface area contributed by atoms with Gasteiger partial charge in [-0.1, -0.05) is 23.7 Å². The van der Waals surface area contributed by atoms with E-state index < -0.39 is 11.6 Å². The van der Waals surface area contributed by atoms with Crippen LogP contribution < -0.4 is 11.2 Å². The van der Waals surface area contributed by atoms with Crippen molar-refractivity contribution in [2.75, 3.05) is 11.2 Å². The van der Waals surface area contributed by atoms with E-state index in [0.717, 1.165) is 11.6 Å². The fourth-order valence-electron chi connectivity index (χ4n) is 3.49. The van der Waals surface area contributed by atoms with Gasteiger partial charge in [0.2, 0.25) is 11.8 Å². The van der Waals surface area contributed by atoms with Gasteiger partial charge in [-0.25, -0.2) is 18.4 Å². The number of anilines is 1. The summed E-state index contributed by atoms with van der Waals surface area (Å²) in [7, 11) is 1.56. The number of rotatable bonds is 5. The number of aryl methyl sites for hydroxylation is 1. The number of hydrogen-bond acceptors (Lipinski definition) is 7. The van der Waals surface area contributed by atoms with Crippen molar-refractivity contribution in [3.05, 3.63) is 71.0 Å². The summed E-state index contributed by atoms with van der Waals surface area (Å²) in [5.41, 5.74) is 2.23. The number of aromatic nitrogens is 7. The monoisotopic (exact) mass is 467 g/mol. The number of nitrogens with one attached hydrogen (secondary N) is 1. The maximum atomic E-state index is 14.9. The zero-order valence-corrected chi connectivity index (χ0v) is 17.9. The van der Waals surface area contributed by atoms with Crippen LogP contribution >= 0.6 is 11.6 Å². The second-order valence-corrected chi connectivity index (χ2v) is 7.65. The van der Waals surface area contributed by atoms with Crippen LogP contribution in [0.2, 0.25) is 5.02 Å². The number of halogens is 3. The SMILES string of the molecule is Cn1nnc(-c2c(F)cc(Cl)cc2-c2cnc(CNc3nc4ccccc4n3N)c(F)c2)n1. The fourth-order valence-corrected chi connectivity index (χ4v) is 3.69. The highest BCUT2D eigenvalue weighted by Gasteiger charge is 2.20. The summed E-state index contributed by atoms with van der Waals surface area (Å²) in [5.74, 6) is 5.22. The zero-order chi connectivity index (χ0) is 23.1. The molecule has 166 valence electrons. The first kappa shape index (κ1) is 20.8. The Morgan fingerprint density at radius 3 is 2.67 bits per heavy atom. The third-order valence-corrected chi connectivity index (χ3v) is 5.24. The summed E-state index contributed by atoms with van der Waals surface area (Å²) in [4.78, 5) is 9.80. The lowest BCUT2D eigenvalue weighted by molar-refractivity contribution is 0.602. The summed E-state index contributed by atoms with van der Waals surface area (Å²) < 4.78 is 31.1. The molecule has 3 aromatic heterocycles. The summed E-state index contributed by atoms with van der Waals surface area (Å²) in [6.45, 7) is 0.0368. The van der Waals surface area contributed by atoms with E-state index in [4.69, 9.17) is 17.4 Å². The quantitative estimate of drug-likeness (QED) is 0.380. The normalized spacial score (nSPS) is 11.3. The van der Waals surface area contributed by atoms with Gasteiger partial charge in [0.15, 0.2) is 0 Å². The van der Waals surface area contributed by atoms with Crippen LogP contribution in [0.15, 0.2) is 48.7 Å². The number of nitrogens with zero attached hydrogens (tertiary/aromatic N) is 7. The Bertz CT molecular complexity index is 1490. The first-order chi connectivity index (χ1) is 15.9. The number of para-hydroxylation sites is 2. The molecule has 33 heavy (non-hydrogen) atoms. The maximum absolute atomic E-state index is 14.9. The second kappa shape index (κ2) is 8.10. The summed E-state index contributed by atoms with van der Waals surface area (Å²) in [5, 5.41) is 14.8. The molecule has 2 aromatic carbocycles. The van der Waals surface area contributed by atoms with E-state index in [1.807, 2.05) is 24.3 Å². The number of nitrogen functional groups attached to an aromatic ring is 1. The minimum absolute atomic E-state index is 0.0368. The minimum Gasteiger partial charge on any atom is -0.348 e. The molecule has 0 fully saturated rings. The van der Waals surface area contributed by atoms with E-state index in [1.54, 1.807) is 7.05 Å². The average molecular weight is 468 g/mol. The summed E-state index contributed by atoms with van der Waals surface area (Å²) >= 11 is 6.05. The Morgan fingerprint density at radius 1 is 1.12 bits per heavy atom. The van der Waals surface area contributed by atoms with Crippen molar-refractivity contribution in [3.63, 3.8) is 0 Å². The lowest BCUT2D eigenvalue weighted by Crippen LogP contribution is -2.14. The smallest absolute Gasteiger partial charge is 0.223 e. The molecule has 0 bridgehead atoms. The molecule has 0 aliphatic carbocycles. The van der Waals surface area contributed by atoms with Gasteiger partial charge in [0.05, 0.1) is 35.9 Å². The predicted octanol–water partition coefficient (Wildman–Crippen LogP) is 3.55. The van der Waals surface area contributed by atoms with Crippen LogP contribution in [0.1, 0.15) is 5.69 Å². The highest BCUT2D eigenvalue weighted by atomic mass is 35.5. The molecule has 5 rings (SSSR count). The van der Waals surface area contributed by atoms with E-state index in [-0.39, 0.29) is 28.6 Å². The lowest BCUT2D eigenvalue weighted by atomic mass is 9.99. The number of tetrazole rings is 1. The molecule has 3 heterocycles. The van der Waals surface area contributed by atoms with Crippen LogP contribution in [0.25, 0.3) is 33.5 Å². The highest BCUT2D eigenvalue weighted by molar-refractivity contribution is 6.31. The molecule has 0 radical (unpaired) electrons. The average Bonchev–Trinajstić information content (AvgIpc) is 3.35. The van der Waals surface area contributed by atoms with Crippen molar-refractivity contribution in [2.45, 2.75) is 6.54 Å². The van der Waals surface area contributed by atoms with E-state index in [0.29, 0.717) is 22.6 Å². The second-order valence-electron chi connectivity index (χ2n) is 7.21. The van der Waals surface area contributed by atoms with Crippen LogP contribution in [-0.2, 0) is 13.6 Å². The van der Waals surface area contributed by atoms with Crippen molar-refractivity contribution in [1.29, 1.82) is 0 Å². The minimum atomic E-state index is -0.654. The van der Waals surface area contributed by atoms with Gasteiger partial charge in [-0.3, -0.25) is 4.98 Å². The molecule has 5 aromatic rings. The third-order valence-electron chi connectivity index (χ3n) is 5.03. The van der Waals surface area contributed by atoms with Crippen molar-refractivity contribution >= 4 is 28.6 Å². The van der Waals surface area contributed by atoms with Crippen molar-refractivity contribution in [1.82, 2.24) is 34.9 Å². The fraction of sp³-hybridized carbons (Fsp3) is 0.0952. The van der Waals surface area contributed by atoms with E-state index in [1.165, 1.54) is 27.8 Å². The van der Waals surface area contributed by atoms with Gasteiger partial charge < -0.3 is 11.2 Å². The molecule has 0 aliphatic rings. The van der Waals surface area contributed by atoms with Gasteiger partial charge in [0.25, 0.3) is 0 Å². The number of hydrogen-bond donors (Lipinski definition) is 2. The number of imidazole rings is 1. The van der Waals surface area contributed by atoms with Gasteiger partial charge >= 0.3 is 0 Å². The van der Waals surface area contributed by atoms with E-state index in [2.05, 4.69) is 30.7 Å². The Hall–Kier alpha value is -4.12. The first-order valence-electron chi connectivity index (χ1n) is 9.75. The first-order valence-corrected chi connectivity index (χ1v) is 10.1. The molecule has 0 unspecified atom stereocenters. The standard InChI is InChI=1S/C21H16ClF2N9/c1-32-30-20(29-31-32)19-13(7-12(22)8-15(19)24)11-6-14(23)17(26-9-11)10-27-21-28-16-4-2-3-5-18(16)33(21)25/h2-9H,10,25H2,1H3,(H,27,28). The molecule has 0 saturated carbocycles. The number of nitrogens with two attached hydrogens (primary N) is 1. The van der Waals surface area contributed by atoms with Crippen molar-refractivity contribution in [2.24, 2.45) is 7.05 Å². The molecule has 0 spiro atoms. The van der Waals surface area contributed by atoms with Crippen LogP contribution in [0, 0.1) is 11.6 Å². The summed E-state index contributed by atoms with van der Waals surface area (Å²) in [6.07, 6.45) is 1.43. The Labute approximate surface area is 190 Å². The summed E-state index contributed by atoms with van der Waals surface area (Å²) in [6, 6.07) is 11.2. The van der Waals surface area contributed by atoms with Crippen LogP contribution in [0.3, 0.4) is 0 Å². The zero-order valence-electron chi connectivity index (χ0n) is 17.2. The molecule has 0 aliphatic heterocycles. The third kappa shape index (κ3) is 3.82. The van der Waals surface area contributed by atoms with Crippen LogP contribution in [-0.4, -0.2) is 34.9 Å². The van der Waals surface area contributed by atoms with E-state index in [9.17, 15) is 8.78 Å². The highest BCUT2D eigenvalue weighted by Crippen LogP contribution is 2.35. The molecular weight excluding hydrogens is 452 g/mol. The molecule has 9 nitrogen and oxygen atoms in total. The van der Waals surface area contributed by atoms with E-state index >= 15 is 0 Å². The van der Waals surface area contributed by atoms with Crippen molar-refractivity contribution in [3.8, 4) is 22.5 Å². The molecule has 0 amide bonds. The van der Waals surface area contributed by atoms with Gasteiger partial charge in [-0.15, -0.1) is 10.2 Å². The number of pyridine rings is 1. The Kier molecular flexibility index (Phi) is 5.09. The number of fused-ring (bicyclic) bond motifs is 1. The number of benzene rings is 2. The van der Waals surface area contributed by atoms with Crippen LogP contribution in [0.4, 0.5) is 14.7 Å². The predicted molar refractivity (Wildman–Crippen MR) is 120 cm³/mol. The molecule has 12 heteroatoms. The van der Waals surface area contributed by atoms with Crippen molar-refractivity contribution < 1.29 is 8.78 Å². The molecule has 0 atom stereocenters.